The molecule has 1 heterocycles. The van der Waals surface area contributed by atoms with Gasteiger partial charge in [-0.3, -0.25) is 4.79 Å². The number of carbonyl (C=O) groups excluding carboxylic acids is 1. The van der Waals surface area contributed by atoms with Crippen LogP contribution in [0.2, 0.25) is 5.02 Å². The summed E-state index contributed by atoms with van der Waals surface area (Å²) in [6.45, 7) is 0.0323. The summed E-state index contributed by atoms with van der Waals surface area (Å²) >= 11 is 8.02. The molecule has 1 saturated heterocycles. The summed E-state index contributed by atoms with van der Waals surface area (Å²) in [6, 6.07) is 5.38. The fraction of sp³-hybridized carbons (Fsp3) is 0.438. The maximum absolute atomic E-state index is 12.2. The summed E-state index contributed by atoms with van der Waals surface area (Å²) in [5.74, 6) is 7.78. The number of amides is 1. The highest BCUT2D eigenvalue weighted by molar-refractivity contribution is 7.99. The Morgan fingerprint density at radius 2 is 2.38 bits per heavy atom. The molecule has 112 valence electrons. The van der Waals surface area contributed by atoms with Gasteiger partial charge < -0.3 is 10.4 Å². The van der Waals surface area contributed by atoms with Gasteiger partial charge in [-0.2, -0.15) is 11.8 Å². The van der Waals surface area contributed by atoms with Crippen LogP contribution in [0.3, 0.4) is 0 Å². The smallest absolute Gasteiger partial charge is 0.251 e. The molecule has 0 spiro atoms. The average molecular weight is 324 g/mol. The number of rotatable bonds is 3. The van der Waals surface area contributed by atoms with Crippen molar-refractivity contribution in [1.82, 2.24) is 5.32 Å². The molecule has 1 aromatic carbocycles. The van der Waals surface area contributed by atoms with Crippen molar-refractivity contribution in [3.63, 3.8) is 0 Å². The van der Waals surface area contributed by atoms with Crippen molar-refractivity contribution < 1.29 is 9.90 Å². The van der Waals surface area contributed by atoms with Gasteiger partial charge in [0, 0.05) is 29.3 Å². The van der Waals surface area contributed by atoms with Crippen LogP contribution in [0.5, 0.6) is 0 Å². The van der Waals surface area contributed by atoms with E-state index in [0.29, 0.717) is 22.6 Å². The average Bonchev–Trinajstić information content (AvgIpc) is 2.50. The van der Waals surface area contributed by atoms with E-state index in [1.165, 1.54) is 5.75 Å². The topological polar surface area (TPSA) is 49.3 Å². The van der Waals surface area contributed by atoms with Gasteiger partial charge in [-0.25, -0.2) is 0 Å². The molecule has 21 heavy (non-hydrogen) atoms. The van der Waals surface area contributed by atoms with E-state index < -0.39 is 0 Å². The first-order valence-corrected chi connectivity index (χ1v) is 8.52. The second-order valence-electron chi connectivity index (χ2n) is 4.86. The summed E-state index contributed by atoms with van der Waals surface area (Å²) in [4.78, 5) is 12.2. The first kappa shape index (κ1) is 16.2. The lowest BCUT2D eigenvalue weighted by atomic mass is 10.1. The van der Waals surface area contributed by atoms with Crippen molar-refractivity contribution in [2.45, 2.75) is 25.3 Å². The quantitative estimate of drug-likeness (QED) is 0.841. The van der Waals surface area contributed by atoms with E-state index in [1.54, 1.807) is 18.2 Å². The summed E-state index contributed by atoms with van der Waals surface area (Å²) in [5, 5.41) is 12.2. The van der Waals surface area contributed by atoms with Gasteiger partial charge in [-0.1, -0.05) is 23.4 Å². The van der Waals surface area contributed by atoms with Crippen molar-refractivity contribution in [2.75, 3.05) is 18.1 Å². The molecule has 1 atom stereocenters. The molecule has 0 aliphatic carbocycles. The second kappa shape index (κ2) is 8.33. The number of nitrogens with one attached hydrogen (secondary N) is 1. The fourth-order valence-corrected chi connectivity index (χ4v) is 3.39. The molecule has 1 aromatic rings. The first-order valence-electron chi connectivity index (χ1n) is 6.98. The zero-order valence-electron chi connectivity index (χ0n) is 11.7. The molecule has 0 aromatic heterocycles. The lowest BCUT2D eigenvalue weighted by Crippen LogP contribution is -2.38. The number of hydrogen-bond acceptors (Lipinski definition) is 3. The van der Waals surface area contributed by atoms with Crippen LogP contribution in [0.4, 0.5) is 0 Å². The Morgan fingerprint density at radius 1 is 1.52 bits per heavy atom. The van der Waals surface area contributed by atoms with Crippen molar-refractivity contribution in [2.24, 2.45) is 0 Å². The van der Waals surface area contributed by atoms with Gasteiger partial charge in [0.15, 0.2) is 0 Å². The van der Waals surface area contributed by atoms with Crippen molar-refractivity contribution in [3.05, 3.63) is 34.3 Å². The number of aliphatic hydroxyl groups is 1. The molecule has 3 nitrogen and oxygen atoms in total. The molecule has 1 aliphatic rings. The van der Waals surface area contributed by atoms with Gasteiger partial charge in [0.1, 0.15) is 0 Å². The molecule has 0 bridgehead atoms. The Hall–Kier alpha value is -1.15. The highest BCUT2D eigenvalue weighted by atomic mass is 35.5. The van der Waals surface area contributed by atoms with Gasteiger partial charge in [0.2, 0.25) is 0 Å². The molecule has 1 unspecified atom stereocenters. The lowest BCUT2D eigenvalue weighted by Gasteiger charge is -2.22. The van der Waals surface area contributed by atoms with E-state index in [4.69, 9.17) is 16.7 Å². The fourth-order valence-electron chi connectivity index (χ4n) is 2.09. The molecule has 0 radical (unpaired) electrons. The highest BCUT2D eigenvalue weighted by Crippen LogP contribution is 2.19. The molecule has 1 amide bonds. The van der Waals surface area contributed by atoms with Crippen LogP contribution in [-0.2, 0) is 0 Å². The minimum atomic E-state index is -0.0840. The minimum Gasteiger partial charge on any atom is -0.395 e. The molecular weight excluding hydrogens is 306 g/mol. The van der Waals surface area contributed by atoms with Crippen LogP contribution in [0, 0.1) is 11.8 Å². The van der Waals surface area contributed by atoms with E-state index in [9.17, 15) is 4.79 Å². The third-order valence-corrected chi connectivity index (χ3v) is 4.71. The summed E-state index contributed by atoms with van der Waals surface area (Å²) in [7, 11) is 0. The monoisotopic (exact) mass is 323 g/mol. The van der Waals surface area contributed by atoms with Crippen LogP contribution in [0.15, 0.2) is 18.2 Å². The normalized spacial score (nSPS) is 17.7. The second-order valence-corrected chi connectivity index (χ2v) is 6.41. The van der Waals surface area contributed by atoms with Crippen molar-refractivity contribution >= 4 is 29.3 Å². The number of benzene rings is 1. The van der Waals surface area contributed by atoms with E-state index in [-0.39, 0.29) is 18.6 Å². The van der Waals surface area contributed by atoms with Crippen molar-refractivity contribution in [3.8, 4) is 11.8 Å². The molecule has 5 heteroatoms. The first-order chi connectivity index (χ1) is 10.2. The van der Waals surface area contributed by atoms with Crippen LogP contribution in [-0.4, -0.2) is 35.2 Å². The number of hydrogen-bond donors (Lipinski definition) is 2. The predicted molar refractivity (Wildman–Crippen MR) is 87.8 cm³/mol. The number of halogens is 1. The van der Waals surface area contributed by atoms with E-state index in [1.807, 2.05) is 11.8 Å². The minimum absolute atomic E-state index is 0.0323. The van der Waals surface area contributed by atoms with Crippen LogP contribution in [0.25, 0.3) is 0 Å². The molecule has 1 fully saturated rings. The number of thioether (sulfide) groups is 1. The Morgan fingerprint density at radius 3 is 3.05 bits per heavy atom. The molecule has 2 N–H and O–H groups in total. The largest absolute Gasteiger partial charge is 0.395 e. The van der Waals surface area contributed by atoms with Gasteiger partial charge >= 0.3 is 0 Å². The maximum atomic E-state index is 12.2. The Labute approximate surface area is 134 Å². The number of aliphatic hydroxyl groups excluding tert-OH is 1. The lowest BCUT2D eigenvalue weighted by molar-refractivity contribution is 0.0938. The SMILES string of the molecule is O=C(NC1CCCSC1)c1ccc(C#CCCO)c(Cl)c1. The van der Waals surface area contributed by atoms with Crippen LogP contribution >= 0.6 is 23.4 Å². The summed E-state index contributed by atoms with van der Waals surface area (Å²) in [6.07, 6.45) is 2.60. The zero-order chi connectivity index (χ0) is 15.1. The Balaban J connectivity index is 2.01. The summed E-state index contributed by atoms with van der Waals surface area (Å²) in [5.41, 5.74) is 1.23. The van der Waals surface area contributed by atoms with E-state index >= 15 is 0 Å². The van der Waals surface area contributed by atoms with E-state index in [2.05, 4.69) is 17.2 Å². The predicted octanol–water partition coefficient (Wildman–Crippen LogP) is 2.70. The highest BCUT2D eigenvalue weighted by Gasteiger charge is 2.17. The van der Waals surface area contributed by atoms with Crippen molar-refractivity contribution in [1.29, 1.82) is 0 Å². The third kappa shape index (κ3) is 4.96. The van der Waals surface area contributed by atoms with Gasteiger partial charge in [0.05, 0.1) is 11.6 Å². The zero-order valence-corrected chi connectivity index (χ0v) is 13.3. The molecule has 1 aliphatic heterocycles. The van der Waals surface area contributed by atoms with Gasteiger partial charge in [0.25, 0.3) is 5.91 Å². The number of carbonyl (C=O) groups is 1. The molecule has 2 rings (SSSR count). The van der Waals surface area contributed by atoms with Gasteiger partial charge in [-0.05, 0) is 36.8 Å². The van der Waals surface area contributed by atoms with E-state index in [0.717, 1.165) is 18.6 Å². The Kier molecular flexibility index (Phi) is 6.44. The van der Waals surface area contributed by atoms with Gasteiger partial charge in [-0.15, -0.1) is 0 Å². The maximum Gasteiger partial charge on any atom is 0.251 e. The Bertz CT molecular complexity index is 559. The third-order valence-electron chi connectivity index (χ3n) is 3.19. The van der Waals surface area contributed by atoms with Crippen LogP contribution in [0.1, 0.15) is 35.2 Å². The standard InChI is InChI=1S/C16H18ClNO2S/c17-15-10-13(7-6-12(15)4-1-2-8-19)16(20)18-14-5-3-9-21-11-14/h6-7,10,14,19H,2-3,5,8-9,11H2,(H,18,20). The van der Waals surface area contributed by atoms with Crippen LogP contribution < -0.4 is 5.32 Å². The molecule has 0 saturated carbocycles. The molecular formula is C16H18ClNO2S. The summed E-state index contributed by atoms with van der Waals surface area (Å²) < 4.78 is 0.